The highest BCUT2D eigenvalue weighted by Gasteiger charge is 2.25. The Hall–Kier alpha value is -3.16. The van der Waals surface area contributed by atoms with Crippen LogP contribution < -0.4 is 9.47 Å². The summed E-state index contributed by atoms with van der Waals surface area (Å²) in [4.78, 5) is 11.2. The number of aldehydes is 1. The Balaban J connectivity index is 1.96. The number of ether oxygens (including phenoxy) is 2. The van der Waals surface area contributed by atoms with Gasteiger partial charge in [0, 0.05) is 18.7 Å². The zero-order valence-electron chi connectivity index (χ0n) is 16.8. The van der Waals surface area contributed by atoms with E-state index in [0.717, 1.165) is 11.1 Å². The number of methoxy groups -OCH3 is 2. The maximum Gasteiger partial charge on any atom is 0.243 e. The molecule has 6 nitrogen and oxygen atoms in total. The molecular weight excluding hydrogens is 402 g/mol. The fourth-order valence-corrected chi connectivity index (χ4v) is 4.46. The third-order valence-electron chi connectivity index (χ3n) is 4.67. The lowest BCUT2D eigenvalue weighted by Gasteiger charge is -2.23. The first-order valence-electron chi connectivity index (χ1n) is 9.27. The van der Waals surface area contributed by atoms with Crippen molar-refractivity contribution in [3.63, 3.8) is 0 Å². The van der Waals surface area contributed by atoms with E-state index in [2.05, 4.69) is 0 Å². The van der Waals surface area contributed by atoms with Crippen LogP contribution in [0.3, 0.4) is 0 Å². The summed E-state index contributed by atoms with van der Waals surface area (Å²) in [6.07, 6.45) is 0.635. The van der Waals surface area contributed by atoms with Gasteiger partial charge in [0.2, 0.25) is 10.0 Å². The summed E-state index contributed by atoms with van der Waals surface area (Å²) in [6.45, 7) is 0.341. The summed E-state index contributed by atoms with van der Waals surface area (Å²) in [5, 5.41) is 0. The molecule has 0 atom stereocenters. The summed E-state index contributed by atoms with van der Waals surface area (Å²) in [5.41, 5.74) is 1.95. The van der Waals surface area contributed by atoms with Gasteiger partial charge in [0.25, 0.3) is 0 Å². The molecule has 30 heavy (non-hydrogen) atoms. The highest BCUT2D eigenvalue weighted by atomic mass is 32.2. The van der Waals surface area contributed by atoms with Crippen LogP contribution >= 0.6 is 0 Å². The summed E-state index contributed by atoms with van der Waals surface area (Å²) in [5.74, 6) is 1.39. The summed E-state index contributed by atoms with van der Waals surface area (Å²) < 4.78 is 38.6. The number of sulfonamides is 1. The van der Waals surface area contributed by atoms with Gasteiger partial charge >= 0.3 is 0 Å². The van der Waals surface area contributed by atoms with E-state index in [0.29, 0.717) is 23.3 Å². The van der Waals surface area contributed by atoms with Gasteiger partial charge in [-0.25, -0.2) is 8.42 Å². The number of benzene rings is 3. The molecule has 7 heteroatoms. The fourth-order valence-electron chi connectivity index (χ4n) is 2.99. The van der Waals surface area contributed by atoms with Gasteiger partial charge in [-0.05, 0) is 47.5 Å². The molecule has 0 aliphatic heterocycles. The van der Waals surface area contributed by atoms with Crippen LogP contribution in [0, 0.1) is 0 Å². The molecule has 3 rings (SSSR count). The minimum atomic E-state index is -3.85. The first-order valence-corrected chi connectivity index (χ1v) is 10.7. The highest BCUT2D eigenvalue weighted by molar-refractivity contribution is 7.89. The van der Waals surface area contributed by atoms with E-state index in [-0.39, 0.29) is 18.0 Å². The van der Waals surface area contributed by atoms with Crippen LogP contribution in [0.1, 0.15) is 21.5 Å². The maximum absolute atomic E-state index is 13.4. The maximum atomic E-state index is 13.4. The zero-order valence-corrected chi connectivity index (χ0v) is 17.6. The van der Waals surface area contributed by atoms with E-state index in [1.54, 1.807) is 50.6 Å². The Bertz CT molecular complexity index is 1040. The second kappa shape index (κ2) is 9.56. The SMILES string of the molecule is COc1ccc(CN(Cc2ccc(OC)cc2)S(=O)(=O)c2cccc(C=O)c2)cc1. The first-order chi connectivity index (χ1) is 14.5. The molecule has 0 spiro atoms. The van der Waals surface area contributed by atoms with Crippen LogP contribution in [-0.4, -0.2) is 33.2 Å². The first kappa shape index (κ1) is 21.5. The largest absolute Gasteiger partial charge is 0.497 e. The molecule has 0 N–H and O–H groups in total. The fraction of sp³-hybridized carbons (Fsp3) is 0.174. The van der Waals surface area contributed by atoms with Crippen molar-refractivity contribution >= 4 is 16.3 Å². The van der Waals surface area contributed by atoms with Crippen molar-refractivity contribution in [2.24, 2.45) is 0 Å². The molecular formula is C23H23NO5S. The molecule has 0 fully saturated rings. The third-order valence-corrected chi connectivity index (χ3v) is 6.46. The minimum absolute atomic E-state index is 0.0779. The van der Waals surface area contributed by atoms with Crippen LogP contribution in [0.2, 0.25) is 0 Å². The average Bonchev–Trinajstić information content (AvgIpc) is 2.79. The number of rotatable bonds is 9. The van der Waals surface area contributed by atoms with Crippen molar-refractivity contribution in [3.8, 4) is 11.5 Å². The number of hydrogen-bond acceptors (Lipinski definition) is 5. The summed E-state index contributed by atoms with van der Waals surface area (Å²) >= 11 is 0. The lowest BCUT2D eigenvalue weighted by molar-refractivity contribution is 0.112. The van der Waals surface area contributed by atoms with Crippen molar-refractivity contribution in [2.75, 3.05) is 14.2 Å². The van der Waals surface area contributed by atoms with Crippen LogP contribution in [-0.2, 0) is 23.1 Å². The van der Waals surface area contributed by atoms with Gasteiger partial charge in [0.15, 0.2) is 0 Å². The van der Waals surface area contributed by atoms with Gasteiger partial charge in [0.05, 0.1) is 19.1 Å². The molecule has 0 bridgehead atoms. The average molecular weight is 426 g/mol. The molecule has 0 amide bonds. The summed E-state index contributed by atoms with van der Waals surface area (Å²) in [6, 6.07) is 20.5. The monoisotopic (exact) mass is 425 g/mol. The van der Waals surface area contributed by atoms with Crippen molar-refractivity contribution in [1.29, 1.82) is 0 Å². The second-order valence-corrected chi connectivity index (χ2v) is 8.60. The highest BCUT2D eigenvalue weighted by Crippen LogP contribution is 2.23. The Morgan fingerprint density at radius 3 is 1.73 bits per heavy atom. The minimum Gasteiger partial charge on any atom is -0.497 e. The molecule has 3 aromatic carbocycles. The Kier molecular flexibility index (Phi) is 6.87. The molecule has 0 radical (unpaired) electrons. The second-order valence-electron chi connectivity index (χ2n) is 6.66. The third kappa shape index (κ3) is 5.06. The van der Waals surface area contributed by atoms with Crippen molar-refractivity contribution < 1.29 is 22.7 Å². The zero-order chi connectivity index (χ0) is 21.6. The van der Waals surface area contributed by atoms with Gasteiger partial charge in [-0.15, -0.1) is 0 Å². The van der Waals surface area contributed by atoms with E-state index in [4.69, 9.17) is 9.47 Å². The topological polar surface area (TPSA) is 72.9 Å². The number of nitrogens with zero attached hydrogens (tertiary/aromatic N) is 1. The molecule has 0 aliphatic carbocycles. The Labute approximate surface area is 176 Å². The van der Waals surface area contributed by atoms with Gasteiger partial charge in [-0.1, -0.05) is 36.4 Å². The van der Waals surface area contributed by atoms with Crippen LogP contribution in [0.15, 0.2) is 77.7 Å². The molecule has 3 aromatic rings. The molecule has 0 aromatic heterocycles. The molecule has 0 unspecified atom stereocenters. The van der Waals surface area contributed by atoms with Gasteiger partial charge in [-0.3, -0.25) is 4.79 Å². The van der Waals surface area contributed by atoms with Crippen molar-refractivity contribution in [3.05, 3.63) is 89.5 Å². The molecule has 0 saturated carbocycles. The lowest BCUT2D eigenvalue weighted by atomic mass is 10.2. The van der Waals surface area contributed by atoms with Crippen LogP contribution in [0.4, 0.5) is 0 Å². The standard InChI is InChI=1S/C23H23NO5S/c1-28-21-10-6-18(7-11-21)15-24(16-19-8-12-22(29-2)13-9-19)30(26,27)23-5-3-4-20(14-23)17-25/h3-14,17H,15-16H2,1-2H3. The lowest BCUT2D eigenvalue weighted by Crippen LogP contribution is -2.30. The number of hydrogen-bond donors (Lipinski definition) is 0. The van der Waals surface area contributed by atoms with E-state index >= 15 is 0 Å². The van der Waals surface area contributed by atoms with Crippen molar-refractivity contribution in [1.82, 2.24) is 4.31 Å². The van der Waals surface area contributed by atoms with E-state index in [9.17, 15) is 13.2 Å². The van der Waals surface area contributed by atoms with E-state index in [1.165, 1.54) is 16.4 Å². The van der Waals surface area contributed by atoms with Crippen LogP contribution in [0.25, 0.3) is 0 Å². The molecule has 156 valence electrons. The van der Waals surface area contributed by atoms with E-state index < -0.39 is 10.0 Å². The van der Waals surface area contributed by atoms with Gasteiger partial charge in [-0.2, -0.15) is 4.31 Å². The number of carbonyl (C=O) groups is 1. The predicted molar refractivity (Wildman–Crippen MR) is 114 cm³/mol. The quantitative estimate of drug-likeness (QED) is 0.486. The molecule has 0 heterocycles. The Morgan fingerprint density at radius 2 is 1.30 bits per heavy atom. The summed E-state index contributed by atoms with van der Waals surface area (Å²) in [7, 11) is -0.692. The van der Waals surface area contributed by atoms with E-state index in [1.807, 2.05) is 24.3 Å². The Morgan fingerprint density at radius 1 is 0.800 bits per heavy atom. The van der Waals surface area contributed by atoms with Gasteiger partial charge in [0.1, 0.15) is 17.8 Å². The predicted octanol–water partition coefficient (Wildman–Crippen LogP) is 3.91. The number of carbonyl (C=O) groups excluding carboxylic acids is 1. The normalized spacial score (nSPS) is 11.3. The smallest absolute Gasteiger partial charge is 0.243 e. The molecule has 0 saturated heterocycles. The van der Waals surface area contributed by atoms with Crippen LogP contribution in [0.5, 0.6) is 11.5 Å². The van der Waals surface area contributed by atoms with Gasteiger partial charge < -0.3 is 9.47 Å². The van der Waals surface area contributed by atoms with Crippen molar-refractivity contribution in [2.45, 2.75) is 18.0 Å². The molecule has 0 aliphatic rings.